The second-order valence-electron chi connectivity index (χ2n) is 8.90. The smallest absolute Gasteiger partial charge is 0.326 e. The molecule has 0 aliphatic rings. The molecule has 0 unspecified atom stereocenters. The highest BCUT2D eigenvalue weighted by Crippen LogP contribution is 2.12. The van der Waals surface area contributed by atoms with Gasteiger partial charge in [-0.25, -0.2) is 9.59 Å². The average Bonchev–Trinajstić information content (AvgIpc) is 2.89. The van der Waals surface area contributed by atoms with Gasteiger partial charge in [0.2, 0.25) is 17.7 Å². The van der Waals surface area contributed by atoms with Crippen LogP contribution >= 0.6 is 12.6 Å². The number of rotatable bonds is 18. The van der Waals surface area contributed by atoms with E-state index in [1.54, 1.807) is 12.1 Å². The normalized spacial score (nSPS) is 13.8. The zero-order valence-electron chi connectivity index (χ0n) is 21.6. The van der Waals surface area contributed by atoms with Crippen molar-refractivity contribution in [3.8, 4) is 5.75 Å². The third kappa shape index (κ3) is 13.2. The van der Waals surface area contributed by atoms with Gasteiger partial charge in [-0.1, -0.05) is 12.1 Å². The maximum atomic E-state index is 13.3. The number of nitrogens with two attached hydrogens (primary N) is 3. The first-order chi connectivity index (χ1) is 18.5. The summed E-state index contributed by atoms with van der Waals surface area (Å²) < 4.78 is 0. The Morgan fingerprint density at radius 2 is 1.41 bits per heavy atom. The topological polar surface area (TPSA) is 252 Å². The van der Waals surface area contributed by atoms with Crippen molar-refractivity contribution in [3.63, 3.8) is 0 Å². The Balaban J connectivity index is 3.11. The Hall–Kier alpha value is -3.56. The van der Waals surface area contributed by atoms with Gasteiger partial charge in [0.1, 0.15) is 23.9 Å². The third-order valence-corrected chi connectivity index (χ3v) is 6.10. The van der Waals surface area contributed by atoms with Crippen LogP contribution in [0.2, 0.25) is 0 Å². The Kier molecular flexibility index (Phi) is 15.3. The maximum Gasteiger partial charge on any atom is 0.326 e. The maximum absolute atomic E-state index is 13.3. The number of unbranched alkanes of at least 4 members (excludes halogenated alkanes) is 1. The molecule has 0 aliphatic carbocycles. The number of phenols is 1. The van der Waals surface area contributed by atoms with E-state index in [0.717, 1.165) is 0 Å². The first kappa shape index (κ1) is 33.5. The predicted molar refractivity (Wildman–Crippen MR) is 147 cm³/mol. The highest BCUT2D eigenvalue weighted by molar-refractivity contribution is 7.80. The number of urea groups is 1. The number of aromatic hydroxyl groups is 1. The van der Waals surface area contributed by atoms with Crippen molar-refractivity contribution >= 4 is 42.4 Å². The molecule has 218 valence electrons. The van der Waals surface area contributed by atoms with E-state index in [4.69, 9.17) is 17.2 Å². The number of primary amides is 1. The van der Waals surface area contributed by atoms with Gasteiger partial charge in [-0.3, -0.25) is 14.4 Å². The molecule has 5 amide bonds. The van der Waals surface area contributed by atoms with Crippen molar-refractivity contribution in [2.75, 3.05) is 18.8 Å². The molecule has 1 aromatic rings. The Labute approximate surface area is 232 Å². The molecule has 14 nitrogen and oxygen atoms in total. The van der Waals surface area contributed by atoms with Crippen LogP contribution < -0.4 is 38.5 Å². The number of hydrogen-bond donors (Lipinski definition) is 10. The van der Waals surface area contributed by atoms with Gasteiger partial charge < -0.3 is 48.7 Å². The van der Waals surface area contributed by atoms with Crippen LogP contribution in [0.5, 0.6) is 5.75 Å². The molecule has 39 heavy (non-hydrogen) atoms. The minimum absolute atomic E-state index is 0.00551. The summed E-state index contributed by atoms with van der Waals surface area (Å²) in [5, 5.41) is 29.0. The summed E-state index contributed by atoms with van der Waals surface area (Å²) in [5.74, 6) is -3.30. The van der Waals surface area contributed by atoms with Crippen molar-refractivity contribution in [1.29, 1.82) is 0 Å². The Morgan fingerprint density at radius 3 is 1.97 bits per heavy atom. The number of phenolic OH excluding ortho intramolecular Hbond substituents is 1. The van der Waals surface area contributed by atoms with Crippen molar-refractivity contribution in [1.82, 2.24) is 21.3 Å². The molecule has 0 spiro atoms. The number of nitrogens with one attached hydrogen (secondary N) is 4. The number of benzene rings is 1. The first-order valence-electron chi connectivity index (χ1n) is 12.5. The van der Waals surface area contributed by atoms with E-state index in [2.05, 4.69) is 33.9 Å². The van der Waals surface area contributed by atoms with E-state index in [1.807, 2.05) is 0 Å². The van der Waals surface area contributed by atoms with Gasteiger partial charge in [-0.05, 0) is 56.3 Å². The lowest BCUT2D eigenvalue weighted by molar-refractivity contribution is -0.142. The third-order valence-electron chi connectivity index (χ3n) is 5.71. The molecule has 0 saturated heterocycles. The van der Waals surface area contributed by atoms with Gasteiger partial charge >= 0.3 is 12.0 Å². The molecule has 0 saturated carbocycles. The number of thiol groups is 1. The second kappa shape index (κ2) is 17.9. The van der Waals surface area contributed by atoms with Crippen LogP contribution in [-0.2, 0) is 25.6 Å². The lowest BCUT2D eigenvalue weighted by Gasteiger charge is -2.25. The fourth-order valence-electron chi connectivity index (χ4n) is 3.52. The summed E-state index contributed by atoms with van der Waals surface area (Å²) in [6, 6.07) is 0.670. The van der Waals surface area contributed by atoms with E-state index in [1.165, 1.54) is 12.1 Å². The van der Waals surface area contributed by atoms with Gasteiger partial charge in [0.25, 0.3) is 0 Å². The molecule has 0 fully saturated rings. The summed E-state index contributed by atoms with van der Waals surface area (Å²) in [6.07, 6.45) is 1.45. The molecule has 1 aromatic carbocycles. The molecule has 0 bridgehead atoms. The summed E-state index contributed by atoms with van der Waals surface area (Å²) in [6.45, 7) is 0.481. The van der Waals surface area contributed by atoms with Crippen molar-refractivity contribution in [2.24, 2.45) is 17.2 Å². The van der Waals surface area contributed by atoms with Crippen molar-refractivity contribution in [3.05, 3.63) is 29.8 Å². The van der Waals surface area contributed by atoms with Crippen LogP contribution in [0.4, 0.5) is 4.79 Å². The molecule has 0 radical (unpaired) electrons. The van der Waals surface area contributed by atoms with Gasteiger partial charge in [0.05, 0.1) is 6.04 Å². The van der Waals surface area contributed by atoms with E-state index in [9.17, 15) is 34.2 Å². The molecule has 0 heterocycles. The van der Waals surface area contributed by atoms with E-state index < -0.39 is 53.9 Å². The summed E-state index contributed by atoms with van der Waals surface area (Å²) in [5.41, 5.74) is 16.9. The van der Waals surface area contributed by atoms with Crippen LogP contribution in [0, 0.1) is 0 Å². The fraction of sp³-hybridized carbons (Fsp3) is 0.542. The molecule has 0 aliphatic heterocycles. The number of carboxylic acids is 1. The number of carbonyl (C=O) groups excluding carboxylic acids is 4. The van der Waals surface area contributed by atoms with Gasteiger partial charge in [0, 0.05) is 18.7 Å². The summed E-state index contributed by atoms with van der Waals surface area (Å²) >= 11 is 4.00. The van der Waals surface area contributed by atoms with Crippen LogP contribution in [-0.4, -0.2) is 82.9 Å². The standard InChI is InChI=1S/C24H39N7O7S/c25-10-2-1-4-18(23(36)37)30-21(34)17(5-3-11-28-24(27)38)29-22(35)19(31-20(33)16(26)13-39)12-14-6-8-15(32)9-7-14/h6-9,16-19,32,39H,1-5,10-13,25-26H2,(H,29,35)(H,30,34)(H,31,33)(H,36,37)(H3,27,28,38)/t16-,17-,18-,19-/m0/s1. The number of hydrogen-bond acceptors (Lipinski definition) is 9. The highest BCUT2D eigenvalue weighted by atomic mass is 32.1. The SMILES string of the molecule is NCCCC[C@H](NC(=O)[C@H](CCCNC(N)=O)NC(=O)[C@H](Cc1ccc(O)cc1)NC(=O)[C@@H](N)CS)C(=O)O. The van der Waals surface area contributed by atoms with Crippen LogP contribution in [0.25, 0.3) is 0 Å². The molecule has 15 heteroatoms. The minimum atomic E-state index is -1.24. The Morgan fingerprint density at radius 1 is 0.846 bits per heavy atom. The predicted octanol–water partition coefficient (Wildman–Crippen LogP) is -1.69. The molecule has 4 atom stereocenters. The molecular formula is C24H39N7O7S. The zero-order valence-corrected chi connectivity index (χ0v) is 22.5. The lowest BCUT2D eigenvalue weighted by atomic mass is 10.0. The number of amides is 5. The van der Waals surface area contributed by atoms with Gasteiger partial charge in [0.15, 0.2) is 0 Å². The van der Waals surface area contributed by atoms with Gasteiger partial charge in [-0.15, -0.1) is 0 Å². The fourth-order valence-corrected chi connectivity index (χ4v) is 3.69. The number of carbonyl (C=O) groups is 5. The summed E-state index contributed by atoms with van der Waals surface area (Å²) in [4.78, 5) is 61.5. The largest absolute Gasteiger partial charge is 0.508 e. The number of aliphatic carboxylic acids is 1. The van der Waals surface area contributed by atoms with Crippen molar-refractivity contribution in [2.45, 2.75) is 62.7 Å². The van der Waals surface area contributed by atoms with Crippen LogP contribution in [0.15, 0.2) is 24.3 Å². The monoisotopic (exact) mass is 569 g/mol. The Bertz CT molecular complexity index is 965. The number of carboxylic acid groups (broad SMARTS) is 1. The molecule has 0 aromatic heterocycles. The molecule has 12 N–H and O–H groups in total. The van der Waals surface area contributed by atoms with Crippen LogP contribution in [0.3, 0.4) is 0 Å². The van der Waals surface area contributed by atoms with E-state index >= 15 is 0 Å². The molecular weight excluding hydrogens is 530 g/mol. The van der Waals surface area contributed by atoms with E-state index in [0.29, 0.717) is 24.9 Å². The summed E-state index contributed by atoms with van der Waals surface area (Å²) in [7, 11) is 0. The van der Waals surface area contributed by atoms with E-state index in [-0.39, 0.29) is 43.7 Å². The average molecular weight is 570 g/mol. The first-order valence-corrected chi connectivity index (χ1v) is 13.1. The highest BCUT2D eigenvalue weighted by Gasteiger charge is 2.30. The second-order valence-corrected chi connectivity index (χ2v) is 9.26. The van der Waals surface area contributed by atoms with Crippen LogP contribution in [0.1, 0.15) is 37.7 Å². The van der Waals surface area contributed by atoms with Gasteiger partial charge in [-0.2, -0.15) is 12.6 Å². The van der Waals surface area contributed by atoms with Crippen molar-refractivity contribution < 1.29 is 34.2 Å². The minimum Gasteiger partial charge on any atom is -0.508 e. The quantitative estimate of drug-likeness (QED) is 0.0714. The molecule has 1 rings (SSSR count). The zero-order chi connectivity index (χ0) is 29.4. The lowest BCUT2D eigenvalue weighted by Crippen LogP contribution is -2.57.